The van der Waals surface area contributed by atoms with Gasteiger partial charge in [0, 0.05) is 32.3 Å². The molecule has 0 bridgehead atoms. The lowest BCUT2D eigenvalue weighted by molar-refractivity contribution is 0.625. The molecule has 0 aliphatic carbocycles. The molecule has 0 aliphatic rings. The van der Waals surface area contributed by atoms with Crippen LogP contribution >= 0.6 is 0 Å². The van der Waals surface area contributed by atoms with E-state index >= 15 is 0 Å². The van der Waals surface area contributed by atoms with E-state index in [1.807, 2.05) is 41.8 Å². The Balaban J connectivity index is 1.53. The van der Waals surface area contributed by atoms with Crippen LogP contribution in [0.4, 0.5) is 4.39 Å². The van der Waals surface area contributed by atoms with E-state index in [-0.39, 0.29) is 5.82 Å². The molecular weight excluding hydrogens is 331 g/mol. The molecule has 0 aliphatic heterocycles. The van der Waals surface area contributed by atoms with E-state index in [0.29, 0.717) is 19.5 Å². The van der Waals surface area contributed by atoms with E-state index in [4.69, 9.17) is 0 Å². The summed E-state index contributed by atoms with van der Waals surface area (Å²) in [5, 5.41) is 14.9. The van der Waals surface area contributed by atoms with Crippen LogP contribution in [0.15, 0.2) is 53.7 Å². The van der Waals surface area contributed by atoms with Crippen molar-refractivity contribution in [3.63, 3.8) is 0 Å². The lowest BCUT2D eigenvalue weighted by Crippen LogP contribution is -2.38. The predicted octanol–water partition coefficient (Wildman–Crippen LogP) is 2.21. The van der Waals surface area contributed by atoms with Crippen LogP contribution in [0.1, 0.15) is 18.3 Å². The first-order chi connectivity index (χ1) is 12.8. The van der Waals surface area contributed by atoms with Gasteiger partial charge in [-0.15, -0.1) is 10.2 Å². The second kappa shape index (κ2) is 8.94. The number of hydrogen-bond acceptors (Lipinski definition) is 3. The number of halogens is 1. The minimum Gasteiger partial charge on any atom is -0.357 e. The summed E-state index contributed by atoms with van der Waals surface area (Å²) in [4.78, 5) is 4.58. The van der Waals surface area contributed by atoms with Gasteiger partial charge in [0.15, 0.2) is 11.6 Å². The third kappa shape index (κ3) is 4.78. The second-order valence-electron chi connectivity index (χ2n) is 5.86. The maximum atomic E-state index is 13.2. The summed E-state index contributed by atoms with van der Waals surface area (Å²) in [5.74, 6) is 1.43. The molecule has 3 aromatic rings. The summed E-state index contributed by atoms with van der Waals surface area (Å²) in [7, 11) is 0. The van der Waals surface area contributed by atoms with Crippen LogP contribution in [0.2, 0.25) is 0 Å². The van der Waals surface area contributed by atoms with Gasteiger partial charge < -0.3 is 10.6 Å². The van der Waals surface area contributed by atoms with Crippen molar-refractivity contribution in [1.82, 2.24) is 25.2 Å². The normalized spacial score (nSPS) is 11.7. The Bertz CT molecular complexity index is 873. The fourth-order valence-electron chi connectivity index (χ4n) is 2.69. The molecule has 2 heterocycles. The number of aliphatic imine (C=N–C) groups is 1. The van der Waals surface area contributed by atoms with Gasteiger partial charge in [0.1, 0.15) is 11.6 Å². The number of pyridine rings is 1. The summed E-state index contributed by atoms with van der Waals surface area (Å²) < 4.78 is 15.2. The molecule has 3 rings (SSSR count). The molecule has 26 heavy (non-hydrogen) atoms. The number of rotatable bonds is 7. The van der Waals surface area contributed by atoms with Gasteiger partial charge in [-0.05, 0) is 43.2 Å². The van der Waals surface area contributed by atoms with Gasteiger partial charge in [-0.2, -0.15) is 0 Å². The summed E-state index contributed by atoms with van der Waals surface area (Å²) in [5.41, 5.74) is 1.80. The van der Waals surface area contributed by atoms with Crippen LogP contribution in [0.3, 0.4) is 0 Å². The summed E-state index contributed by atoms with van der Waals surface area (Å²) in [6, 6.07) is 12.5. The Morgan fingerprint density at radius 1 is 1.12 bits per heavy atom. The van der Waals surface area contributed by atoms with Crippen LogP contribution in [0, 0.1) is 5.82 Å². The predicted molar refractivity (Wildman–Crippen MR) is 101 cm³/mol. The summed E-state index contributed by atoms with van der Waals surface area (Å²) in [6.07, 6.45) is 3.39. The van der Waals surface area contributed by atoms with Gasteiger partial charge in [0.2, 0.25) is 0 Å². The lowest BCUT2D eigenvalue weighted by atomic mass is 10.1. The molecule has 0 unspecified atom stereocenters. The standard InChI is InChI=1S/C19H23FN6/c1-2-21-19(22-11-9-15-6-5-7-16(20)14-15)23-12-10-18-25-24-17-8-3-4-13-26(17)18/h3-8,13-14H,2,9-12H2,1H3,(H2,21,22,23). The van der Waals surface area contributed by atoms with Crippen molar-refractivity contribution in [3.8, 4) is 0 Å². The van der Waals surface area contributed by atoms with E-state index in [9.17, 15) is 4.39 Å². The Labute approximate surface area is 152 Å². The molecule has 0 radical (unpaired) electrons. The van der Waals surface area contributed by atoms with Gasteiger partial charge in [-0.3, -0.25) is 9.39 Å². The number of hydrogen-bond donors (Lipinski definition) is 2. The number of nitrogens with one attached hydrogen (secondary N) is 2. The molecule has 0 atom stereocenters. The molecule has 1 aromatic carbocycles. The molecule has 136 valence electrons. The molecule has 0 saturated heterocycles. The van der Waals surface area contributed by atoms with Crippen LogP contribution in [0.5, 0.6) is 0 Å². The molecule has 2 aromatic heterocycles. The maximum absolute atomic E-state index is 13.2. The van der Waals surface area contributed by atoms with E-state index in [0.717, 1.165) is 36.0 Å². The average Bonchev–Trinajstić information content (AvgIpc) is 3.05. The Hall–Kier alpha value is -2.96. The van der Waals surface area contributed by atoms with Gasteiger partial charge in [0.05, 0.1) is 0 Å². The Morgan fingerprint density at radius 3 is 2.88 bits per heavy atom. The molecule has 2 N–H and O–H groups in total. The first kappa shape index (κ1) is 17.8. The van der Waals surface area contributed by atoms with Crippen molar-refractivity contribution in [2.45, 2.75) is 19.8 Å². The fourth-order valence-corrected chi connectivity index (χ4v) is 2.69. The molecule has 0 fully saturated rings. The number of guanidine groups is 1. The highest BCUT2D eigenvalue weighted by atomic mass is 19.1. The fraction of sp³-hybridized carbons (Fsp3) is 0.316. The number of fused-ring (bicyclic) bond motifs is 1. The van der Waals surface area contributed by atoms with Crippen molar-refractivity contribution < 1.29 is 4.39 Å². The third-order valence-electron chi connectivity index (χ3n) is 3.93. The van der Waals surface area contributed by atoms with Crippen LogP contribution in [-0.2, 0) is 12.8 Å². The summed E-state index contributed by atoms with van der Waals surface area (Å²) >= 11 is 0. The molecule has 0 spiro atoms. The highest BCUT2D eigenvalue weighted by Gasteiger charge is 2.04. The summed E-state index contributed by atoms with van der Waals surface area (Å²) in [6.45, 7) is 4.09. The minimum atomic E-state index is -0.205. The van der Waals surface area contributed by atoms with E-state index in [1.165, 1.54) is 6.07 Å². The monoisotopic (exact) mass is 354 g/mol. The van der Waals surface area contributed by atoms with Crippen molar-refractivity contribution >= 4 is 11.6 Å². The maximum Gasteiger partial charge on any atom is 0.191 e. The van der Waals surface area contributed by atoms with E-state index < -0.39 is 0 Å². The second-order valence-corrected chi connectivity index (χ2v) is 5.86. The number of benzene rings is 1. The topological polar surface area (TPSA) is 66.6 Å². The average molecular weight is 354 g/mol. The number of nitrogens with zero attached hydrogens (tertiary/aromatic N) is 4. The highest BCUT2D eigenvalue weighted by molar-refractivity contribution is 5.79. The Kier molecular flexibility index (Phi) is 6.14. The first-order valence-corrected chi connectivity index (χ1v) is 8.81. The SMILES string of the molecule is CCNC(=NCCc1nnc2ccccn12)NCCc1cccc(F)c1. The highest BCUT2D eigenvalue weighted by Crippen LogP contribution is 2.04. The quantitative estimate of drug-likeness (QED) is 0.504. The molecule has 6 nitrogen and oxygen atoms in total. The van der Waals surface area contributed by atoms with Gasteiger partial charge in [0.25, 0.3) is 0 Å². The first-order valence-electron chi connectivity index (χ1n) is 8.81. The van der Waals surface area contributed by atoms with Crippen molar-refractivity contribution in [2.75, 3.05) is 19.6 Å². The van der Waals surface area contributed by atoms with Crippen molar-refractivity contribution in [1.29, 1.82) is 0 Å². The smallest absolute Gasteiger partial charge is 0.191 e. The van der Waals surface area contributed by atoms with Crippen molar-refractivity contribution in [3.05, 3.63) is 65.9 Å². The van der Waals surface area contributed by atoms with Gasteiger partial charge in [-0.25, -0.2) is 4.39 Å². The van der Waals surface area contributed by atoms with Crippen LogP contribution in [-0.4, -0.2) is 40.2 Å². The molecule has 0 amide bonds. The van der Waals surface area contributed by atoms with E-state index in [2.05, 4.69) is 25.8 Å². The zero-order valence-corrected chi connectivity index (χ0v) is 14.8. The van der Waals surface area contributed by atoms with Gasteiger partial charge in [-0.1, -0.05) is 18.2 Å². The molecular formula is C19H23FN6. The zero-order chi connectivity index (χ0) is 18.2. The van der Waals surface area contributed by atoms with Crippen LogP contribution in [0.25, 0.3) is 5.65 Å². The lowest BCUT2D eigenvalue weighted by Gasteiger charge is -2.11. The largest absolute Gasteiger partial charge is 0.357 e. The zero-order valence-electron chi connectivity index (χ0n) is 14.8. The van der Waals surface area contributed by atoms with Crippen LogP contribution < -0.4 is 10.6 Å². The minimum absolute atomic E-state index is 0.205. The molecule has 0 saturated carbocycles. The van der Waals surface area contributed by atoms with Crippen molar-refractivity contribution in [2.24, 2.45) is 4.99 Å². The number of aromatic nitrogens is 3. The Morgan fingerprint density at radius 2 is 2.04 bits per heavy atom. The van der Waals surface area contributed by atoms with Gasteiger partial charge >= 0.3 is 0 Å². The molecule has 7 heteroatoms. The third-order valence-corrected chi connectivity index (χ3v) is 3.93. The van der Waals surface area contributed by atoms with E-state index in [1.54, 1.807) is 12.1 Å².